The van der Waals surface area contributed by atoms with Gasteiger partial charge in [0.05, 0.1) is 23.1 Å². The van der Waals surface area contributed by atoms with Crippen molar-refractivity contribution in [1.82, 2.24) is 10.2 Å². The molecule has 1 aliphatic carbocycles. The van der Waals surface area contributed by atoms with Gasteiger partial charge >= 0.3 is 0 Å². The van der Waals surface area contributed by atoms with Crippen LogP contribution in [0.4, 0.5) is 28.9 Å². The van der Waals surface area contributed by atoms with Gasteiger partial charge in [0.15, 0.2) is 11.6 Å². The number of rotatable bonds is 5. The van der Waals surface area contributed by atoms with Crippen LogP contribution in [0, 0.1) is 11.6 Å². The molecule has 1 aromatic carbocycles. The molecule has 1 fully saturated rings. The summed E-state index contributed by atoms with van der Waals surface area (Å²) in [5.74, 6) is -2.95. The van der Waals surface area contributed by atoms with Gasteiger partial charge in [0.1, 0.15) is 5.69 Å². The summed E-state index contributed by atoms with van der Waals surface area (Å²) in [5.41, 5.74) is -0.963. The summed E-state index contributed by atoms with van der Waals surface area (Å²) in [6.45, 7) is 0. The van der Waals surface area contributed by atoms with Gasteiger partial charge in [-0.2, -0.15) is 5.10 Å². The Kier molecular flexibility index (Phi) is 4.32. The first kappa shape index (κ1) is 16.2. The van der Waals surface area contributed by atoms with E-state index in [1.165, 1.54) is 6.07 Å². The average Bonchev–Trinajstić information content (AvgIpc) is 3.38. The van der Waals surface area contributed by atoms with Gasteiger partial charge in [-0.25, -0.2) is 17.6 Å². The van der Waals surface area contributed by atoms with Crippen molar-refractivity contribution < 1.29 is 22.4 Å². The van der Waals surface area contributed by atoms with Crippen LogP contribution in [0.1, 0.15) is 35.3 Å². The second-order valence-corrected chi connectivity index (χ2v) is 5.33. The van der Waals surface area contributed by atoms with Crippen LogP contribution < -0.4 is 10.6 Å². The highest BCUT2D eigenvalue weighted by Gasteiger charge is 2.25. The Balaban J connectivity index is 1.86. The molecule has 3 rings (SSSR count). The van der Waals surface area contributed by atoms with E-state index in [1.54, 1.807) is 0 Å². The predicted octanol–water partition coefficient (Wildman–Crippen LogP) is 3.52. The van der Waals surface area contributed by atoms with Crippen molar-refractivity contribution in [3.8, 4) is 0 Å². The zero-order chi connectivity index (χ0) is 17.3. The van der Waals surface area contributed by atoms with Crippen molar-refractivity contribution in [3.05, 3.63) is 47.3 Å². The number of anilines is 2. The van der Waals surface area contributed by atoms with Crippen molar-refractivity contribution >= 4 is 17.3 Å². The molecular formula is C15H12F4N4O. The Morgan fingerprint density at radius 2 is 2.00 bits per heavy atom. The summed E-state index contributed by atoms with van der Waals surface area (Å²) in [5, 5.41) is 11.7. The molecule has 5 nitrogen and oxygen atoms in total. The number of halogens is 4. The molecule has 1 heterocycles. The molecule has 9 heteroatoms. The first-order valence-electron chi connectivity index (χ1n) is 7.12. The fourth-order valence-electron chi connectivity index (χ4n) is 2.04. The van der Waals surface area contributed by atoms with Crippen LogP contribution in [0.3, 0.4) is 0 Å². The Bertz CT molecular complexity index is 780. The third kappa shape index (κ3) is 3.44. The van der Waals surface area contributed by atoms with E-state index in [0.717, 1.165) is 31.2 Å². The molecule has 0 aliphatic heterocycles. The number of benzene rings is 1. The van der Waals surface area contributed by atoms with E-state index in [-0.39, 0.29) is 23.0 Å². The summed E-state index contributed by atoms with van der Waals surface area (Å²) >= 11 is 0. The van der Waals surface area contributed by atoms with Crippen molar-refractivity contribution in [2.45, 2.75) is 25.3 Å². The number of aromatic nitrogens is 2. The Morgan fingerprint density at radius 3 is 2.67 bits per heavy atom. The normalized spacial score (nSPS) is 13.9. The molecule has 2 aromatic rings. The first-order valence-corrected chi connectivity index (χ1v) is 7.12. The number of hydrogen-bond donors (Lipinski definition) is 2. The lowest BCUT2D eigenvalue weighted by Crippen LogP contribution is -2.16. The van der Waals surface area contributed by atoms with Gasteiger partial charge in [0.25, 0.3) is 12.3 Å². The number of nitrogens with one attached hydrogen (secondary N) is 2. The molecular weight excluding hydrogens is 328 g/mol. The van der Waals surface area contributed by atoms with E-state index >= 15 is 0 Å². The Morgan fingerprint density at radius 1 is 1.25 bits per heavy atom. The third-order valence-electron chi connectivity index (χ3n) is 3.43. The van der Waals surface area contributed by atoms with Crippen LogP contribution in [0.2, 0.25) is 0 Å². The molecule has 0 bridgehead atoms. The SMILES string of the molecule is O=C(Nc1ccc(F)c(F)c1NC1CC1)c1cnnc(C(F)F)c1. The number of hydrogen-bond acceptors (Lipinski definition) is 4. The maximum Gasteiger partial charge on any atom is 0.282 e. The standard InChI is InChI=1S/C15H12F4N4O/c16-9-3-4-10(13(12(9)17)21-8-1-2-8)22-15(24)7-5-11(14(18)19)23-20-6-7/h3-6,8,14,21H,1-2H2,(H,22,24). The van der Waals surface area contributed by atoms with Crippen LogP contribution in [-0.2, 0) is 0 Å². The second-order valence-electron chi connectivity index (χ2n) is 5.33. The van der Waals surface area contributed by atoms with Gasteiger partial charge in [-0.1, -0.05) is 0 Å². The minimum Gasteiger partial charge on any atom is -0.378 e. The second kappa shape index (κ2) is 6.42. The van der Waals surface area contributed by atoms with E-state index in [2.05, 4.69) is 20.8 Å². The lowest BCUT2D eigenvalue weighted by Gasteiger charge is -2.14. The summed E-state index contributed by atoms with van der Waals surface area (Å²) in [6, 6.07) is 2.98. The molecule has 1 aliphatic rings. The molecule has 126 valence electrons. The predicted molar refractivity (Wildman–Crippen MR) is 77.9 cm³/mol. The van der Waals surface area contributed by atoms with Gasteiger partial charge in [-0.3, -0.25) is 4.79 Å². The van der Waals surface area contributed by atoms with Gasteiger partial charge in [-0.05, 0) is 31.0 Å². The summed E-state index contributed by atoms with van der Waals surface area (Å²) < 4.78 is 52.6. The average molecular weight is 340 g/mol. The van der Waals surface area contributed by atoms with Crippen LogP contribution in [-0.4, -0.2) is 22.1 Å². The highest BCUT2D eigenvalue weighted by molar-refractivity contribution is 6.05. The molecule has 0 spiro atoms. The minimum absolute atomic E-state index is 0.0150. The van der Waals surface area contributed by atoms with Gasteiger partial charge < -0.3 is 10.6 Å². The van der Waals surface area contributed by atoms with Gasteiger partial charge in [0.2, 0.25) is 0 Å². The molecule has 24 heavy (non-hydrogen) atoms. The summed E-state index contributed by atoms with van der Waals surface area (Å²) in [6.07, 6.45) is -0.236. The molecule has 1 saturated carbocycles. The summed E-state index contributed by atoms with van der Waals surface area (Å²) in [7, 11) is 0. The van der Waals surface area contributed by atoms with Crippen molar-refractivity contribution in [1.29, 1.82) is 0 Å². The highest BCUT2D eigenvalue weighted by atomic mass is 19.3. The zero-order valence-corrected chi connectivity index (χ0v) is 12.2. The molecule has 2 N–H and O–H groups in total. The van der Waals surface area contributed by atoms with E-state index in [9.17, 15) is 22.4 Å². The lowest BCUT2D eigenvalue weighted by atomic mass is 10.2. The quantitative estimate of drug-likeness (QED) is 0.818. The third-order valence-corrected chi connectivity index (χ3v) is 3.43. The van der Waals surface area contributed by atoms with Crippen LogP contribution in [0.25, 0.3) is 0 Å². The zero-order valence-electron chi connectivity index (χ0n) is 12.2. The van der Waals surface area contributed by atoms with Crippen molar-refractivity contribution in [2.24, 2.45) is 0 Å². The van der Waals surface area contributed by atoms with Crippen LogP contribution >= 0.6 is 0 Å². The monoisotopic (exact) mass is 340 g/mol. The Labute approximate surface area is 134 Å². The van der Waals surface area contributed by atoms with Crippen LogP contribution in [0.15, 0.2) is 24.4 Å². The molecule has 0 radical (unpaired) electrons. The fourth-order valence-corrected chi connectivity index (χ4v) is 2.04. The Hall–Kier alpha value is -2.71. The largest absolute Gasteiger partial charge is 0.378 e. The molecule has 0 unspecified atom stereocenters. The minimum atomic E-state index is -2.87. The van der Waals surface area contributed by atoms with Gasteiger partial charge in [-0.15, -0.1) is 5.10 Å². The molecule has 1 aromatic heterocycles. The van der Waals surface area contributed by atoms with E-state index in [0.29, 0.717) is 0 Å². The molecule has 0 saturated heterocycles. The van der Waals surface area contributed by atoms with Crippen LogP contribution in [0.5, 0.6) is 0 Å². The summed E-state index contributed by atoms with van der Waals surface area (Å²) in [4.78, 5) is 12.2. The fraction of sp³-hybridized carbons (Fsp3) is 0.267. The highest BCUT2D eigenvalue weighted by Crippen LogP contribution is 2.33. The number of amides is 1. The lowest BCUT2D eigenvalue weighted by molar-refractivity contribution is 0.102. The number of carbonyl (C=O) groups excluding carboxylic acids is 1. The van der Waals surface area contributed by atoms with Gasteiger partial charge in [0, 0.05) is 6.04 Å². The number of carbonyl (C=O) groups is 1. The van der Waals surface area contributed by atoms with Crippen molar-refractivity contribution in [2.75, 3.05) is 10.6 Å². The van der Waals surface area contributed by atoms with E-state index in [1.807, 2.05) is 0 Å². The molecule has 0 atom stereocenters. The van der Waals surface area contributed by atoms with E-state index in [4.69, 9.17) is 0 Å². The topological polar surface area (TPSA) is 66.9 Å². The maximum atomic E-state index is 14.0. The maximum absolute atomic E-state index is 14.0. The first-order chi connectivity index (χ1) is 11.5. The number of nitrogens with zero attached hydrogens (tertiary/aromatic N) is 2. The molecule has 1 amide bonds. The number of alkyl halides is 2. The smallest absolute Gasteiger partial charge is 0.282 e. The van der Waals surface area contributed by atoms with Crippen molar-refractivity contribution in [3.63, 3.8) is 0 Å². The van der Waals surface area contributed by atoms with E-state index < -0.39 is 29.7 Å².